The summed E-state index contributed by atoms with van der Waals surface area (Å²) in [5.74, 6) is 0. The molecule has 17 heavy (non-hydrogen) atoms. The van der Waals surface area contributed by atoms with Crippen molar-refractivity contribution in [1.29, 1.82) is 0 Å². The van der Waals surface area contributed by atoms with Crippen molar-refractivity contribution in [2.24, 2.45) is 0 Å². The minimum absolute atomic E-state index is 0.289. The van der Waals surface area contributed by atoms with Gasteiger partial charge in [-0.05, 0) is 12.1 Å². The van der Waals surface area contributed by atoms with E-state index in [1.165, 1.54) is 4.57 Å². The largest absolute Gasteiger partial charge is 0.444 e. The highest BCUT2D eigenvalue weighted by Gasteiger charge is 2.22. The fourth-order valence-electron chi connectivity index (χ4n) is 1.46. The number of carbonyl (C=O) groups is 1. The van der Waals surface area contributed by atoms with Crippen molar-refractivity contribution in [3.05, 3.63) is 36.5 Å². The summed E-state index contributed by atoms with van der Waals surface area (Å²) in [5.41, 5.74) is 0.752. The Morgan fingerprint density at radius 2 is 1.94 bits per heavy atom. The summed E-state index contributed by atoms with van der Waals surface area (Å²) in [6.45, 7) is -0.289. The quantitative estimate of drug-likeness (QED) is 0.744. The van der Waals surface area contributed by atoms with Crippen molar-refractivity contribution in [3.8, 4) is 0 Å². The second-order valence-corrected chi connectivity index (χ2v) is 5.93. The molecule has 0 unspecified atom stereocenters. The van der Waals surface area contributed by atoms with E-state index in [9.17, 15) is 4.79 Å². The van der Waals surface area contributed by atoms with Crippen molar-refractivity contribution in [3.63, 3.8) is 0 Å². The highest BCUT2D eigenvalue weighted by atomic mass is 35.6. The zero-order valence-corrected chi connectivity index (χ0v) is 10.8. The van der Waals surface area contributed by atoms with Crippen LogP contribution >= 0.6 is 34.8 Å². The molecule has 0 saturated heterocycles. The van der Waals surface area contributed by atoms with Crippen molar-refractivity contribution in [1.82, 2.24) is 4.57 Å². The van der Waals surface area contributed by atoms with Gasteiger partial charge in [0.1, 0.15) is 6.61 Å². The molecule has 1 heterocycles. The number of aromatic nitrogens is 1. The molecule has 0 N–H and O–H groups in total. The number of para-hydroxylation sites is 1. The lowest BCUT2D eigenvalue weighted by Crippen LogP contribution is -2.20. The highest BCUT2D eigenvalue weighted by Crippen LogP contribution is 2.26. The first kappa shape index (κ1) is 12.6. The number of benzene rings is 1. The molecule has 0 fully saturated rings. The van der Waals surface area contributed by atoms with Crippen LogP contribution in [0.2, 0.25) is 0 Å². The van der Waals surface area contributed by atoms with E-state index >= 15 is 0 Å². The third-order valence-corrected chi connectivity index (χ3v) is 2.48. The van der Waals surface area contributed by atoms with Gasteiger partial charge in [0.15, 0.2) is 0 Å². The summed E-state index contributed by atoms with van der Waals surface area (Å²) in [6.07, 6.45) is 1.04. The molecule has 2 rings (SSSR count). The molecular weight excluding hydrogens is 284 g/mol. The van der Waals surface area contributed by atoms with Crippen LogP contribution < -0.4 is 0 Å². The SMILES string of the molecule is O=C(OCC(Cl)(Cl)Cl)n1ccc2ccccc21. The number of halogens is 3. The Bertz CT molecular complexity index is 545. The van der Waals surface area contributed by atoms with Crippen LogP contribution in [0.15, 0.2) is 36.5 Å². The van der Waals surface area contributed by atoms with Crippen LogP contribution in [0.4, 0.5) is 4.79 Å². The van der Waals surface area contributed by atoms with Gasteiger partial charge < -0.3 is 4.74 Å². The molecule has 0 spiro atoms. The minimum atomic E-state index is -1.60. The van der Waals surface area contributed by atoms with Gasteiger partial charge in [-0.1, -0.05) is 53.0 Å². The lowest BCUT2D eigenvalue weighted by Gasteiger charge is -2.11. The molecule has 0 bridgehead atoms. The molecule has 1 aromatic carbocycles. The van der Waals surface area contributed by atoms with Crippen molar-refractivity contribution in [2.45, 2.75) is 3.79 Å². The second-order valence-electron chi connectivity index (χ2n) is 3.41. The normalized spacial score (nSPS) is 11.7. The number of alkyl halides is 3. The average Bonchev–Trinajstić information content (AvgIpc) is 2.68. The maximum atomic E-state index is 11.7. The Kier molecular flexibility index (Phi) is 3.52. The van der Waals surface area contributed by atoms with Gasteiger partial charge in [0.2, 0.25) is 3.79 Å². The van der Waals surface area contributed by atoms with E-state index in [0.29, 0.717) is 0 Å². The summed E-state index contributed by atoms with van der Waals surface area (Å²) in [7, 11) is 0. The fraction of sp³-hybridized carbons (Fsp3) is 0.182. The Labute approximate surface area is 113 Å². The summed E-state index contributed by atoms with van der Waals surface area (Å²) < 4.78 is 4.66. The van der Waals surface area contributed by atoms with E-state index in [2.05, 4.69) is 0 Å². The standard InChI is InChI=1S/C11H8Cl3NO2/c12-11(13,14)7-17-10(16)15-6-5-8-3-1-2-4-9(8)15/h1-6H,7H2. The maximum Gasteiger partial charge on any atom is 0.418 e. The first-order valence-corrected chi connectivity index (χ1v) is 5.91. The van der Waals surface area contributed by atoms with Crippen molar-refractivity contribution < 1.29 is 9.53 Å². The van der Waals surface area contributed by atoms with Gasteiger partial charge >= 0.3 is 6.09 Å². The monoisotopic (exact) mass is 291 g/mol. The molecule has 0 amide bonds. The van der Waals surface area contributed by atoms with E-state index in [1.807, 2.05) is 30.3 Å². The van der Waals surface area contributed by atoms with Crippen molar-refractivity contribution in [2.75, 3.05) is 6.61 Å². The van der Waals surface area contributed by atoms with Gasteiger partial charge in [-0.15, -0.1) is 0 Å². The number of fused-ring (bicyclic) bond motifs is 1. The molecule has 6 heteroatoms. The van der Waals surface area contributed by atoms with Crippen LogP contribution in [-0.4, -0.2) is 21.1 Å². The first-order valence-electron chi connectivity index (χ1n) is 4.77. The predicted octanol–water partition coefficient (Wildman–Crippen LogP) is 4.00. The molecule has 3 nitrogen and oxygen atoms in total. The van der Waals surface area contributed by atoms with Gasteiger partial charge in [0, 0.05) is 11.6 Å². The van der Waals surface area contributed by atoms with Gasteiger partial charge in [-0.3, -0.25) is 4.57 Å². The topological polar surface area (TPSA) is 31.2 Å². The number of hydrogen-bond acceptors (Lipinski definition) is 2. The van der Waals surface area contributed by atoms with Crippen LogP contribution in [0.5, 0.6) is 0 Å². The summed E-state index contributed by atoms with van der Waals surface area (Å²) in [4.78, 5) is 11.7. The lowest BCUT2D eigenvalue weighted by molar-refractivity contribution is 0.151. The molecule has 90 valence electrons. The fourth-order valence-corrected chi connectivity index (χ4v) is 1.62. The third-order valence-electron chi connectivity index (χ3n) is 2.16. The van der Waals surface area contributed by atoms with Gasteiger partial charge in [-0.25, -0.2) is 4.79 Å². The summed E-state index contributed by atoms with van der Waals surface area (Å²) in [6, 6.07) is 9.24. The zero-order chi connectivity index (χ0) is 12.5. The molecule has 0 aliphatic carbocycles. The van der Waals surface area contributed by atoms with E-state index in [0.717, 1.165) is 10.9 Å². The number of hydrogen-bond donors (Lipinski definition) is 0. The molecule has 2 aromatic rings. The Hall–Kier alpha value is -0.900. The molecule has 0 atom stereocenters. The van der Waals surface area contributed by atoms with Crippen LogP contribution in [0, 0.1) is 0 Å². The Balaban J connectivity index is 2.20. The van der Waals surface area contributed by atoms with Crippen LogP contribution in [-0.2, 0) is 4.74 Å². The third kappa shape index (κ3) is 3.06. The Morgan fingerprint density at radius 1 is 1.24 bits per heavy atom. The predicted molar refractivity (Wildman–Crippen MR) is 69.0 cm³/mol. The highest BCUT2D eigenvalue weighted by molar-refractivity contribution is 6.67. The first-order chi connectivity index (χ1) is 7.97. The summed E-state index contributed by atoms with van der Waals surface area (Å²) >= 11 is 16.5. The van der Waals surface area contributed by atoms with Crippen molar-refractivity contribution >= 4 is 51.8 Å². The van der Waals surface area contributed by atoms with Crippen LogP contribution in [0.1, 0.15) is 0 Å². The molecule has 1 aromatic heterocycles. The molecule has 0 saturated carbocycles. The van der Waals surface area contributed by atoms with Crippen LogP contribution in [0.25, 0.3) is 10.9 Å². The van der Waals surface area contributed by atoms with E-state index in [1.54, 1.807) is 6.20 Å². The second kappa shape index (κ2) is 4.77. The van der Waals surface area contributed by atoms with Gasteiger partial charge in [-0.2, -0.15) is 0 Å². The van der Waals surface area contributed by atoms with Gasteiger partial charge in [0.25, 0.3) is 0 Å². The summed E-state index contributed by atoms with van der Waals surface area (Å²) in [5, 5.41) is 0.943. The molecular formula is C11H8Cl3NO2. The molecule has 0 aliphatic heterocycles. The van der Waals surface area contributed by atoms with Crippen LogP contribution in [0.3, 0.4) is 0 Å². The number of rotatable bonds is 1. The lowest BCUT2D eigenvalue weighted by atomic mass is 10.2. The number of carbonyl (C=O) groups excluding carboxylic acids is 1. The van der Waals surface area contributed by atoms with Gasteiger partial charge in [0.05, 0.1) is 5.52 Å². The van der Waals surface area contributed by atoms with E-state index in [4.69, 9.17) is 39.5 Å². The maximum absolute atomic E-state index is 11.7. The zero-order valence-electron chi connectivity index (χ0n) is 8.57. The minimum Gasteiger partial charge on any atom is -0.444 e. The Morgan fingerprint density at radius 3 is 2.65 bits per heavy atom. The molecule has 0 aliphatic rings. The number of nitrogens with zero attached hydrogens (tertiary/aromatic N) is 1. The average molecular weight is 293 g/mol. The van der Waals surface area contributed by atoms with E-state index in [-0.39, 0.29) is 6.61 Å². The number of ether oxygens (including phenoxy) is 1. The smallest absolute Gasteiger partial charge is 0.418 e. The molecule has 0 radical (unpaired) electrons. The van der Waals surface area contributed by atoms with E-state index < -0.39 is 9.89 Å².